The van der Waals surface area contributed by atoms with Crippen molar-refractivity contribution in [3.8, 4) is 0 Å². The fourth-order valence-electron chi connectivity index (χ4n) is 1.33. The third-order valence-corrected chi connectivity index (χ3v) is 4.00. The number of aliphatic carboxylic acids is 2. The molecule has 7 heteroatoms. The van der Waals surface area contributed by atoms with Crippen molar-refractivity contribution in [3.05, 3.63) is 0 Å². The van der Waals surface area contributed by atoms with E-state index in [1.54, 1.807) is 0 Å². The Morgan fingerprint density at radius 3 is 0.696 bits per heavy atom. The van der Waals surface area contributed by atoms with E-state index in [1.165, 1.54) is 0 Å². The second kappa shape index (κ2) is 24.6. The molecule has 0 N–H and O–H groups in total. The van der Waals surface area contributed by atoms with Gasteiger partial charge in [0.2, 0.25) is 0 Å². The van der Waals surface area contributed by atoms with E-state index in [1.807, 2.05) is 0 Å². The van der Waals surface area contributed by atoms with Gasteiger partial charge in [0.05, 0.1) is 0 Å². The van der Waals surface area contributed by atoms with Gasteiger partial charge in [-0.25, -0.2) is 0 Å². The number of hydrogen-bond donors (Lipinski definition) is 0. The van der Waals surface area contributed by atoms with Gasteiger partial charge in [0, 0.05) is 11.9 Å². The molecule has 0 aromatic heterocycles. The monoisotopic (exact) mass is 413 g/mol. The van der Waals surface area contributed by atoms with Gasteiger partial charge in [-0.1, -0.05) is 55.4 Å². The molecule has 0 saturated heterocycles. The van der Waals surface area contributed by atoms with Gasteiger partial charge in [0.15, 0.2) is 0 Å². The summed E-state index contributed by atoms with van der Waals surface area (Å²) in [5.41, 5.74) is 3.61. The molecule has 0 rings (SSSR count). The predicted molar refractivity (Wildman–Crippen MR) is 98.5 cm³/mol. The number of carboxylic acid groups (broad SMARTS) is 2. The van der Waals surface area contributed by atoms with Crippen LogP contribution in [0.3, 0.4) is 0 Å². The first kappa shape index (κ1) is 34.6. The van der Waals surface area contributed by atoms with E-state index in [9.17, 15) is 0 Å². The molecule has 0 aliphatic carbocycles. The Labute approximate surface area is 157 Å². The quantitative estimate of drug-likeness (QED) is 0.664. The molecule has 0 bridgehead atoms. The van der Waals surface area contributed by atoms with Crippen LogP contribution in [0.5, 0.6) is 0 Å². The molecule has 0 fully saturated rings. The molecule has 0 saturated carbocycles. The van der Waals surface area contributed by atoms with Gasteiger partial charge in [0.25, 0.3) is 0 Å². The van der Waals surface area contributed by atoms with E-state index in [0.717, 1.165) is 53.6 Å². The predicted octanol–water partition coefficient (Wildman–Crippen LogP) is 2.47. The molecule has 0 aliphatic rings. The maximum absolute atomic E-state index is 8.89. The molecule has 143 valence electrons. The number of carbonyl (C=O) groups excluding carboxylic acids is 2. The first-order valence-corrected chi connectivity index (χ1v) is 9.90. The summed E-state index contributed by atoms with van der Waals surface area (Å²) in [6.07, 6.45) is 0. The van der Waals surface area contributed by atoms with Crippen molar-refractivity contribution in [2.45, 2.75) is 91.9 Å². The number of rotatable bonds is 4. The van der Waals surface area contributed by atoms with Gasteiger partial charge in [-0.2, -0.15) is 0 Å². The van der Waals surface area contributed by atoms with E-state index >= 15 is 0 Å². The van der Waals surface area contributed by atoms with E-state index < -0.39 is 11.9 Å². The van der Waals surface area contributed by atoms with Crippen LogP contribution in [-0.2, 0) is 26.4 Å². The summed E-state index contributed by atoms with van der Waals surface area (Å²) in [6, 6.07) is 0. The molecule has 0 heterocycles. The molecule has 0 atom stereocenters. The summed E-state index contributed by atoms with van der Waals surface area (Å²) in [6.45, 7) is 20.2. The van der Waals surface area contributed by atoms with Gasteiger partial charge in [-0.05, 0) is 36.5 Å². The second-order valence-electron chi connectivity index (χ2n) is 5.94. The van der Waals surface area contributed by atoms with Crippen molar-refractivity contribution >= 4 is 29.1 Å². The van der Waals surface area contributed by atoms with E-state index in [0.29, 0.717) is 0 Å². The summed E-state index contributed by atoms with van der Waals surface area (Å²) in [4.78, 5) is 17.8. The zero-order chi connectivity index (χ0) is 18.9. The molecule has 0 aliphatic heterocycles. The topological polar surface area (TPSA) is 80.3 Å². The molecule has 1 radical (unpaired) electrons. The molecule has 0 unspecified atom stereocenters. The molecule has 4 nitrogen and oxygen atoms in total. The third-order valence-electron chi connectivity index (χ3n) is 1.33. The fraction of sp³-hybridized carbons (Fsp3) is 0.875. The van der Waals surface area contributed by atoms with Crippen LogP contribution >= 0.6 is 17.2 Å². The zero-order valence-corrected chi connectivity index (χ0v) is 19.3. The Balaban J connectivity index is -0.0000000639. The molecular weight excluding hydrogens is 377 g/mol. The Kier molecular flexibility index (Phi) is 36.9. The van der Waals surface area contributed by atoms with Crippen molar-refractivity contribution in [2.24, 2.45) is 0 Å². The van der Waals surface area contributed by atoms with Crippen LogP contribution in [0.1, 0.15) is 69.2 Å². The van der Waals surface area contributed by atoms with E-state index in [2.05, 4.69) is 55.4 Å². The zero-order valence-electron chi connectivity index (χ0n) is 16.3. The molecule has 0 aromatic rings. The Hall–Kier alpha value is 0.306. The van der Waals surface area contributed by atoms with Crippen LogP contribution in [0.15, 0.2) is 0 Å². The van der Waals surface area contributed by atoms with Gasteiger partial charge in [-0.3, -0.25) is 0 Å². The van der Waals surface area contributed by atoms with E-state index in [-0.39, 0.29) is 16.8 Å². The molecular formula is C16H36CoO4P2. The SMILES string of the molecule is CC(=O)[O-].CC(=O)[O-].CC(C)PC(C)C.CC(C)PC(C)C.[Co+2]. The average Bonchev–Trinajstić information content (AvgIpc) is 2.10. The minimum Gasteiger partial charge on any atom is -0.550 e. The van der Waals surface area contributed by atoms with Crippen molar-refractivity contribution < 1.29 is 36.6 Å². The second-order valence-corrected chi connectivity index (χ2v) is 11.2. The van der Waals surface area contributed by atoms with E-state index in [4.69, 9.17) is 19.8 Å². The standard InChI is InChI=1S/2C6H15P.2C2H4O2.Co/c2*1-5(2)7-6(3)4;2*1-2(3)4;/h2*5-7H,1-4H3;2*1H3,(H,3,4);/q;;;;+2/p-2. The van der Waals surface area contributed by atoms with Gasteiger partial charge < -0.3 is 19.8 Å². The molecule has 0 amide bonds. The summed E-state index contributed by atoms with van der Waals surface area (Å²) in [5.74, 6) is -2.17. The Morgan fingerprint density at radius 1 is 0.609 bits per heavy atom. The van der Waals surface area contributed by atoms with Crippen molar-refractivity contribution in [3.63, 3.8) is 0 Å². The van der Waals surface area contributed by atoms with Crippen LogP contribution in [0.25, 0.3) is 0 Å². The van der Waals surface area contributed by atoms with Crippen LogP contribution in [0.4, 0.5) is 0 Å². The fourth-order valence-corrected chi connectivity index (χ4v) is 4.00. The summed E-state index contributed by atoms with van der Waals surface area (Å²) in [5, 5.41) is 17.8. The van der Waals surface area contributed by atoms with Crippen LogP contribution < -0.4 is 10.2 Å². The minimum atomic E-state index is -1.08. The van der Waals surface area contributed by atoms with Gasteiger partial charge >= 0.3 is 16.8 Å². The molecule has 0 aromatic carbocycles. The van der Waals surface area contributed by atoms with Crippen LogP contribution in [0, 0.1) is 0 Å². The summed E-state index contributed by atoms with van der Waals surface area (Å²) in [7, 11) is 2.29. The molecule has 0 spiro atoms. The average molecular weight is 413 g/mol. The Bertz CT molecular complexity index is 212. The van der Waals surface area contributed by atoms with Crippen molar-refractivity contribution in [2.75, 3.05) is 0 Å². The van der Waals surface area contributed by atoms with Crippen molar-refractivity contribution in [1.29, 1.82) is 0 Å². The third kappa shape index (κ3) is 133. The summed E-state index contributed by atoms with van der Waals surface area (Å²) < 4.78 is 0. The maximum Gasteiger partial charge on any atom is 2.00 e. The van der Waals surface area contributed by atoms with Gasteiger partial charge in [-0.15, -0.1) is 17.2 Å². The van der Waals surface area contributed by atoms with Gasteiger partial charge in [0.1, 0.15) is 0 Å². The maximum atomic E-state index is 8.89. The Morgan fingerprint density at radius 2 is 0.696 bits per heavy atom. The van der Waals surface area contributed by atoms with Crippen molar-refractivity contribution in [1.82, 2.24) is 0 Å². The number of hydrogen-bond acceptors (Lipinski definition) is 4. The van der Waals surface area contributed by atoms with Crippen LogP contribution in [0.2, 0.25) is 0 Å². The summed E-state index contributed by atoms with van der Waals surface area (Å²) >= 11 is 0. The number of carboxylic acids is 2. The normalized spacial score (nSPS) is 8.96. The first-order chi connectivity index (χ1) is 9.72. The first-order valence-electron chi connectivity index (χ1n) is 7.59. The smallest absolute Gasteiger partial charge is 0.550 e. The van der Waals surface area contributed by atoms with Crippen LogP contribution in [-0.4, -0.2) is 34.6 Å². The number of carbonyl (C=O) groups is 2. The largest absolute Gasteiger partial charge is 2.00 e. The molecule has 23 heavy (non-hydrogen) atoms. The minimum absolute atomic E-state index is 0.